The highest BCUT2D eigenvalue weighted by Crippen LogP contribution is 2.40. The van der Waals surface area contributed by atoms with Crippen molar-refractivity contribution in [2.45, 2.75) is 20.4 Å². The molecule has 0 aliphatic carbocycles. The van der Waals surface area contributed by atoms with E-state index in [9.17, 15) is 4.79 Å². The number of ether oxygens (including phenoxy) is 3. The predicted octanol–water partition coefficient (Wildman–Crippen LogP) is 2.67. The van der Waals surface area contributed by atoms with Gasteiger partial charge in [-0.25, -0.2) is 0 Å². The molecule has 0 radical (unpaired) electrons. The van der Waals surface area contributed by atoms with E-state index in [-0.39, 0.29) is 5.78 Å². The molecule has 0 unspecified atom stereocenters. The van der Waals surface area contributed by atoms with Crippen LogP contribution in [0.15, 0.2) is 18.2 Å². The number of Topliss-reactive ketones (excluding diaryl/α,β-unsaturated/α-hetero) is 1. The molecule has 30 heavy (non-hydrogen) atoms. The van der Waals surface area contributed by atoms with Crippen molar-refractivity contribution in [2.24, 2.45) is 7.05 Å². The Morgan fingerprint density at radius 2 is 1.57 bits per heavy atom. The van der Waals surface area contributed by atoms with Crippen molar-refractivity contribution in [2.75, 3.05) is 54.1 Å². The lowest BCUT2D eigenvalue weighted by Gasteiger charge is -2.34. The standard InChI is InChI=1S/C23H33N3O4/c1-16-13-19(17(2)24(16)3)20(27)15-26-11-9-25(10-12-26)14-18-7-8-21(28-4)23(30-6)22(18)29-5/h7-8,13H,9-12,14-15H2,1-6H3. The Morgan fingerprint density at radius 3 is 2.10 bits per heavy atom. The summed E-state index contributed by atoms with van der Waals surface area (Å²) in [5.74, 6) is 2.19. The normalized spacial score (nSPS) is 15.3. The highest BCUT2D eigenvalue weighted by Gasteiger charge is 2.23. The van der Waals surface area contributed by atoms with Crippen LogP contribution >= 0.6 is 0 Å². The van der Waals surface area contributed by atoms with Gasteiger partial charge in [-0.1, -0.05) is 6.07 Å². The minimum atomic E-state index is 0.200. The molecular formula is C23H33N3O4. The van der Waals surface area contributed by atoms with Gasteiger partial charge in [0.2, 0.25) is 5.75 Å². The van der Waals surface area contributed by atoms with Crippen LogP contribution < -0.4 is 14.2 Å². The van der Waals surface area contributed by atoms with Crippen LogP contribution in [0, 0.1) is 13.8 Å². The summed E-state index contributed by atoms with van der Waals surface area (Å²) in [7, 11) is 6.89. The lowest BCUT2D eigenvalue weighted by molar-refractivity contribution is 0.0842. The number of rotatable bonds is 8. The quantitative estimate of drug-likeness (QED) is 0.618. The van der Waals surface area contributed by atoms with Crippen LogP contribution in [0.4, 0.5) is 0 Å². The summed E-state index contributed by atoms with van der Waals surface area (Å²) in [5.41, 5.74) is 4.06. The van der Waals surface area contributed by atoms with Gasteiger partial charge in [0.1, 0.15) is 0 Å². The molecule has 7 heteroatoms. The maximum Gasteiger partial charge on any atom is 0.203 e. The third-order valence-corrected chi connectivity index (χ3v) is 6.09. The van der Waals surface area contributed by atoms with Gasteiger partial charge in [-0.15, -0.1) is 0 Å². The van der Waals surface area contributed by atoms with Gasteiger partial charge in [-0.2, -0.15) is 0 Å². The maximum absolute atomic E-state index is 12.8. The molecule has 0 atom stereocenters. The zero-order valence-electron chi connectivity index (χ0n) is 18.9. The molecule has 1 saturated heterocycles. The first-order chi connectivity index (χ1) is 14.4. The molecule has 0 N–H and O–H groups in total. The van der Waals surface area contributed by atoms with Crippen LogP contribution in [-0.2, 0) is 13.6 Å². The van der Waals surface area contributed by atoms with Gasteiger partial charge in [-0.3, -0.25) is 14.6 Å². The van der Waals surface area contributed by atoms with E-state index in [1.165, 1.54) is 0 Å². The van der Waals surface area contributed by atoms with Gasteiger partial charge in [0, 0.05) is 62.3 Å². The van der Waals surface area contributed by atoms with Crippen molar-refractivity contribution in [3.63, 3.8) is 0 Å². The van der Waals surface area contributed by atoms with E-state index in [0.29, 0.717) is 23.8 Å². The number of nitrogens with zero attached hydrogens (tertiary/aromatic N) is 3. The second-order valence-corrected chi connectivity index (χ2v) is 7.81. The molecule has 1 aliphatic rings. The van der Waals surface area contributed by atoms with Crippen molar-refractivity contribution < 1.29 is 19.0 Å². The Morgan fingerprint density at radius 1 is 0.933 bits per heavy atom. The first kappa shape index (κ1) is 22.2. The number of carbonyl (C=O) groups is 1. The van der Waals surface area contributed by atoms with Gasteiger partial charge in [0.25, 0.3) is 0 Å². The SMILES string of the molecule is COc1ccc(CN2CCN(CC(=O)c3cc(C)n(C)c3C)CC2)c(OC)c1OC. The summed E-state index contributed by atoms with van der Waals surface area (Å²) >= 11 is 0. The van der Waals surface area contributed by atoms with Crippen LogP contribution in [0.5, 0.6) is 17.2 Å². The van der Waals surface area contributed by atoms with Gasteiger partial charge >= 0.3 is 0 Å². The predicted molar refractivity (Wildman–Crippen MR) is 117 cm³/mol. The van der Waals surface area contributed by atoms with Crippen molar-refractivity contribution in [3.05, 3.63) is 40.7 Å². The second kappa shape index (κ2) is 9.53. The average Bonchev–Trinajstić information content (AvgIpc) is 3.01. The number of benzene rings is 1. The molecule has 3 rings (SSSR count). The Balaban J connectivity index is 1.60. The first-order valence-corrected chi connectivity index (χ1v) is 10.3. The van der Waals surface area contributed by atoms with Crippen LogP contribution in [0.25, 0.3) is 0 Å². The molecule has 7 nitrogen and oxygen atoms in total. The number of piperazine rings is 1. The highest BCUT2D eigenvalue weighted by molar-refractivity contribution is 5.99. The van der Waals surface area contributed by atoms with Gasteiger partial charge in [0.05, 0.1) is 27.9 Å². The summed E-state index contributed by atoms with van der Waals surface area (Å²) in [6, 6.07) is 5.93. The number of carbonyl (C=O) groups excluding carboxylic acids is 1. The summed E-state index contributed by atoms with van der Waals surface area (Å²) < 4.78 is 18.5. The number of methoxy groups -OCH3 is 3. The first-order valence-electron chi connectivity index (χ1n) is 10.3. The molecule has 2 heterocycles. The molecule has 2 aromatic rings. The fraction of sp³-hybridized carbons (Fsp3) is 0.522. The largest absolute Gasteiger partial charge is 0.493 e. The fourth-order valence-corrected chi connectivity index (χ4v) is 4.06. The van der Waals surface area contributed by atoms with E-state index in [1.807, 2.05) is 39.1 Å². The molecule has 0 amide bonds. The van der Waals surface area contributed by atoms with E-state index >= 15 is 0 Å². The van der Waals surface area contributed by atoms with Gasteiger partial charge in [-0.05, 0) is 26.0 Å². The van der Waals surface area contributed by atoms with Gasteiger partial charge in [0.15, 0.2) is 17.3 Å². The molecule has 0 spiro atoms. The fourth-order valence-electron chi connectivity index (χ4n) is 4.06. The Bertz CT molecular complexity index is 898. The summed E-state index contributed by atoms with van der Waals surface area (Å²) in [6.45, 7) is 8.81. The number of aromatic nitrogens is 1. The van der Waals surface area contributed by atoms with Crippen molar-refractivity contribution >= 4 is 5.78 Å². The number of hydrogen-bond acceptors (Lipinski definition) is 6. The van der Waals surface area contributed by atoms with Crippen molar-refractivity contribution in [1.82, 2.24) is 14.4 Å². The molecule has 1 fully saturated rings. The summed E-state index contributed by atoms with van der Waals surface area (Å²) in [6.07, 6.45) is 0. The van der Waals surface area contributed by atoms with Gasteiger partial charge < -0.3 is 18.8 Å². The van der Waals surface area contributed by atoms with Crippen LogP contribution in [0.1, 0.15) is 27.3 Å². The zero-order chi connectivity index (χ0) is 21.8. The number of ketones is 1. The molecular weight excluding hydrogens is 382 g/mol. The molecule has 164 valence electrons. The van der Waals surface area contributed by atoms with Crippen molar-refractivity contribution in [3.8, 4) is 17.2 Å². The number of aryl methyl sites for hydroxylation is 1. The van der Waals surface area contributed by atoms with E-state index < -0.39 is 0 Å². The summed E-state index contributed by atoms with van der Waals surface area (Å²) in [5, 5.41) is 0. The van der Waals surface area contributed by atoms with E-state index in [2.05, 4.69) is 14.4 Å². The molecule has 1 aromatic heterocycles. The van der Waals surface area contributed by atoms with E-state index in [4.69, 9.17) is 14.2 Å². The molecule has 1 aliphatic heterocycles. The Kier molecular flexibility index (Phi) is 7.05. The average molecular weight is 416 g/mol. The Hall–Kier alpha value is -2.51. The smallest absolute Gasteiger partial charge is 0.203 e. The Labute approximate surface area is 179 Å². The maximum atomic E-state index is 12.8. The zero-order valence-corrected chi connectivity index (χ0v) is 18.9. The third kappa shape index (κ3) is 4.47. The molecule has 1 aromatic carbocycles. The monoisotopic (exact) mass is 415 g/mol. The second-order valence-electron chi connectivity index (χ2n) is 7.81. The molecule has 0 saturated carbocycles. The van der Waals surface area contributed by atoms with E-state index in [0.717, 1.165) is 55.2 Å². The highest BCUT2D eigenvalue weighted by atomic mass is 16.5. The van der Waals surface area contributed by atoms with E-state index in [1.54, 1.807) is 21.3 Å². The minimum absolute atomic E-state index is 0.200. The number of hydrogen-bond donors (Lipinski definition) is 0. The topological polar surface area (TPSA) is 56.2 Å². The third-order valence-electron chi connectivity index (χ3n) is 6.09. The lowest BCUT2D eigenvalue weighted by Crippen LogP contribution is -2.47. The molecule has 0 bridgehead atoms. The summed E-state index contributed by atoms with van der Waals surface area (Å²) in [4.78, 5) is 17.4. The lowest BCUT2D eigenvalue weighted by atomic mass is 10.1. The van der Waals surface area contributed by atoms with Crippen molar-refractivity contribution in [1.29, 1.82) is 0 Å². The van der Waals surface area contributed by atoms with Crippen LogP contribution in [0.3, 0.4) is 0 Å². The minimum Gasteiger partial charge on any atom is -0.493 e. The van der Waals surface area contributed by atoms with Crippen LogP contribution in [-0.4, -0.2) is 74.2 Å². The van der Waals surface area contributed by atoms with Crippen LogP contribution in [0.2, 0.25) is 0 Å².